The van der Waals surface area contributed by atoms with E-state index < -0.39 is 0 Å². The number of rotatable bonds is 3. The van der Waals surface area contributed by atoms with Gasteiger partial charge >= 0.3 is 0 Å². The van der Waals surface area contributed by atoms with E-state index in [0.29, 0.717) is 5.92 Å². The van der Waals surface area contributed by atoms with Gasteiger partial charge in [-0.25, -0.2) is 0 Å². The minimum absolute atomic E-state index is 0.186. The van der Waals surface area contributed by atoms with Gasteiger partial charge in [-0.3, -0.25) is 4.90 Å². The van der Waals surface area contributed by atoms with Crippen LogP contribution in [0.5, 0.6) is 5.75 Å². The van der Waals surface area contributed by atoms with Crippen molar-refractivity contribution in [3.63, 3.8) is 0 Å². The number of piperidine rings is 1. The van der Waals surface area contributed by atoms with Crippen LogP contribution in [-0.4, -0.2) is 36.3 Å². The van der Waals surface area contributed by atoms with Crippen molar-refractivity contribution in [2.24, 2.45) is 5.92 Å². The molecule has 94 valence electrons. The molecule has 1 saturated heterocycles. The van der Waals surface area contributed by atoms with Gasteiger partial charge in [0.25, 0.3) is 0 Å². The zero-order chi connectivity index (χ0) is 12.3. The summed E-state index contributed by atoms with van der Waals surface area (Å²) < 4.78 is 5.21. The number of likely N-dealkylation sites (tertiary alicyclic amines) is 1. The fourth-order valence-electron chi connectivity index (χ4n) is 2.29. The zero-order valence-electron chi connectivity index (χ0n) is 10.6. The molecular weight excluding hydrogens is 214 g/mol. The van der Waals surface area contributed by atoms with Crippen LogP contribution in [0.3, 0.4) is 0 Å². The maximum absolute atomic E-state index is 9.86. The molecule has 0 aromatic heterocycles. The van der Waals surface area contributed by atoms with Gasteiger partial charge in [-0.2, -0.15) is 0 Å². The van der Waals surface area contributed by atoms with E-state index in [1.54, 1.807) is 7.11 Å². The van der Waals surface area contributed by atoms with E-state index in [2.05, 4.69) is 24.0 Å². The van der Waals surface area contributed by atoms with Crippen LogP contribution in [0.15, 0.2) is 24.3 Å². The van der Waals surface area contributed by atoms with Gasteiger partial charge in [0.05, 0.1) is 13.2 Å². The van der Waals surface area contributed by atoms with Crippen LogP contribution in [0.25, 0.3) is 0 Å². The molecule has 2 unspecified atom stereocenters. The lowest BCUT2D eigenvalue weighted by molar-refractivity contribution is 0.0259. The third kappa shape index (κ3) is 3.20. The lowest BCUT2D eigenvalue weighted by Gasteiger charge is -2.34. The molecule has 0 spiro atoms. The van der Waals surface area contributed by atoms with Gasteiger partial charge in [0.2, 0.25) is 0 Å². The summed E-state index contributed by atoms with van der Waals surface area (Å²) in [4.78, 5) is 2.31. The number of aliphatic hydroxyl groups is 1. The number of β-amino-alcohol motifs (C(OH)–C–C–N with tert-alkyl or cyclic N) is 1. The second-order valence-electron chi connectivity index (χ2n) is 4.92. The largest absolute Gasteiger partial charge is 0.497 e. The van der Waals surface area contributed by atoms with Crippen LogP contribution in [0.2, 0.25) is 0 Å². The monoisotopic (exact) mass is 235 g/mol. The Morgan fingerprint density at radius 3 is 3.00 bits per heavy atom. The van der Waals surface area contributed by atoms with E-state index in [-0.39, 0.29) is 6.10 Å². The lowest BCUT2D eigenvalue weighted by atomic mass is 9.96. The van der Waals surface area contributed by atoms with Gasteiger partial charge < -0.3 is 9.84 Å². The van der Waals surface area contributed by atoms with Gasteiger partial charge in [-0.15, -0.1) is 0 Å². The number of nitrogens with zero attached hydrogens (tertiary/aromatic N) is 1. The van der Waals surface area contributed by atoms with Gasteiger partial charge in [-0.05, 0) is 36.6 Å². The second kappa shape index (κ2) is 5.52. The number of hydrogen-bond acceptors (Lipinski definition) is 3. The van der Waals surface area contributed by atoms with E-state index in [1.165, 1.54) is 5.56 Å². The quantitative estimate of drug-likeness (QED) is 0.868. The number of hydrogen-bond donors (Lipinski definition) is 1. The molecule has 1 fully saturated rings. The minimum Gasteiger partial charge on any atom is -0.497 e. The molecule has 1 aliphatic rings. The molecule has 3 nitrogen and oxygen atoms in total. The van der Waals surface area contributed by atoms with E-state index in [0.717, 1.165) is 31.8 Å². The Balaban J connectivity index is 1.96. The van der Waals surface area contributed by atoms with Crippen molar-refractivity contribution in [1.29, 1.82) is 0 Å². The third-order valence-electron chi connectivity index (χ3n) is 3.54. The zero-order valence-corrected chi connectivity index (χ0v) is 10.6. The van der Waals surface area contributed by atoms with Gasteiger partial charge in [0.1, 0.15) is 5.75 Å². The predicted molar refractivity (Wildman–Crippen MR) is 68.1 cm³/mol. The highest BCUT2D eigenvalue weighted by atomic mass is 16.5. The molecule has 0 amide bonds. The lowest BCUT2D eigenvalue weighted by Crippen LogP contribution is -2.42. The summed E-state index contributed by atoms with van der Waals surface area (Å²) in [6, 6.07) is 8.13. The summed E-state index contributed by atoms with van der Waals surface area (Å²) in [5.41, 5.74) is 1.24. The van der Waals surface area contributed by atoms with E-state index in [1.807, 2.05) is 12.1 Å². The molecule has 2 rings (SSSR count). The summed E-state index contributed by atoms with van der Waals surface area (Å²) in [5, 5.41) is 9.86. The average molecular weight is 235 g/mol. The molecule has 17 heavy (non-hydrogen) atoms. The molecule has 0 saturated carbocycles. The topological polar surface area (TPSA) is 32.7 Å². The van der Waals surface area contributed by atoms with Crippen LogP contribution in [0.4, 0.5) is 0 Å². The maximum atomic E-state index is 9.86. The van der Waals surface area contributed by atoms with Crippen molar-refractivity contribution in [3.8, 4) is 5.75 Å². The number of benzene rings is 1. The van der Waals surface area contributed by atoms with E-state index >= 15 is 0 Å². The molecule has 1 aliphatic heterocycles. The van der Waals surface area contributed by atoms with Gasteiger partial charge in [0.15, 0.2) is 0 Å². The number of methoxy groups -OCH3 is 1. The van der Waals surface area contributed by atoms with Crippen molar-refractivity contribution in [1.82, 2.24) is 4.90 Å². The number of aliphatic hydroxyl groups excluding tert-OH is 1. The Hall–Kier alpha value is -1.06. The molecule has 0 radical (unpaired) electrons. The van der Waals surface area contributed by atoms with Gasteiger partial charge in [-0.1, -0.05) is 19.1 Å². The van der Waals surface area contributed by atoms with Crippen molar-refractivity contribution in [2.75, 3.05) is 20.2 Å². The standard InChI is InChI=1S/C14H21NO2/c1-11-6-7-15(10-14(11)16)9-12-4-3-5-13(8-12)17-2/h3-5,8,11,14,16H,6-7,9-10H2,1-2H3. The van der Waals surface area contributed by atoms with E-state index in [4.69, 9.17) is 4.74 Å². The summed E-state index contributed by atoms with van der Waals surface area (Å²) in [6.07, 6.45) is 0.889. The highest BCUT2D eigenvalue weighted by Gasteiger charge is 2.23. The molecular formula is C14H21NO2. The first-order valence-electron chi connectivity index (χ1n) is 6.22. The Labute approximate surface area is 103 Å². The second-order valence-corrected chi connectivity index (χ2v) is 4.92. The first-order chi connectivity index (χ1) is 8.19. The molecule has 1 N–H and O–H groups in total. The molecule has 1 aromatic carbocycles. The Kier molecular flexibility index (Phi) is 4.02. The van der Waals surface area contributed by atoms with Crippen LogP contribution < -0.4 is 4.74 Å². The molecule has 3 heteroatoms. The molecule has 2 atom stereocenters. The highest BCUT2D eigenvalue weighted by molar-refractivity contribution is 5.28. The smallest absolute Gasteiger partial charge is 0.119 e. The van der Waals surface area contributed by atoms with Crippen molar-refractivity contribution in [3.05, 3.63) is 29.8 Å². The van der Waals surface area contributed by atoms with Gasteiger partial charge in [0, 0.05) is 13.1 Å². The Morgan fingerprint density at radius 2 is 2.29 bits per heavy atom. The molecule has 0 bridgehead atoms. The molecule has 1 heterocycles. The summed E-state index contributed by atoms with van der Waals surface area (Å²) in [7, 11) is 1.69. The molecule has 1 aromatic rings. The summed E-state index contributed by atoms with van der Waals surface area (Å²) in [5.74, 6) is 1.32. The Bertz CT molecular complexity index is 367. The first-order valence-corrected chi connectivity index (χ1v) is 6.22. The fraction of sp³-hybridized carbons (Fsp3) is 0.571. The summed E-state index contributed by atoms with van der Waals surface area (Å²) >= 11 is 0. The van der Waals surface area contributed by atoms with Crippen LogP contribution in [-0.2, 0) is 6.54 Å². The van der Waals surface area contributed by atoms with Crippen LogP contribution in [0, 0.1) is 5.92 Å². The first kappa shape index (κ1) is 12.4. The molecule has 0 aliphatic carbocycles. The SMILES string of the molecule is COc1cccc(CN2CCC(C)C(O)C2)c1. The highest BCUT2D eigenvalue weighted by Crippen LogP contribution is 2.20. The third-order valence-corrected chi connectivity index (χ3v) is 3.54. The minimum atomic E-state index is -0.186. The normalized spacial score (nSPS) is 25.8. The van der Waals surface area contributed by atoms with E-state index in [9.17, 15) is 5.11 Å². The van der Waals surface area contributed by atoms with Crippen LogP contribution in [0.1, 0.15) is 18.9 Å². The van der Waals surface area contributed by atoms with Crippen molar-refractivity contribution < 1.29 is 9.84 Å². The number of ether oxygens (including phenoxy) is 1. The summed E-state index contributed by atoms with van der Waals surface area (Å²) in [6.45, 7) is 4.85. The fourth-order valence-corrected chi connectivity index (χ4v) is 2.29. The predicted octanol–water partition coefficient (Wildman–Crippen LogP) is 1.90. The maximum Gasteiger partial charge on any atom is 0.119 e. The van der Waals surface area contributed by atoms with Crippen molar-refractivity contribution >= 4 is 0 Å². The Morgan fingerprint density at radius 1 is 1.47 bits per heavy atom. The van der Waals surface area contributed by atoms with Crippen molar-refractivity contribution in [2.45, 2.75) is 26.0 Å². The van der Waals surface area contributed by atoms with Crippen LogP contribution >= 0.6 is 0 Å². The average Bonchev–Trinajstić information content (AvgIpc) is 2.34.